The van der Waals surface area contributed by atoms with Gasteiger partial charge < -0.3 is 4.74 Å². The number of halogens is 1. The van der Waals surface area contributed by atoms with Crippen molar-refractivity contribution in [2.45, 2.75) is 20.4 Å². The van der Waals surface area contributed by atoms with Crippen LogP contribution in [-0.4, -0.2) is 22.7 Å². The summed E-state index contributed by atoms with van der Waals surface area (Å²) in [6.07, 6.45) is 0. The Labute approximate surface area is 116 Å². The van der Waals surface area contributed by atoms with Crippen LogP contribution in [0, 0.1) is 13.8 Å². The third-order valence-corrected chi connectivity index (χ3v) is 3.53. The monoisotopic (exact) mass is 278 g/mol. The lowest BCUT2D eigenvalue weighted by atomic mass is 10.1. The highest BCUT2D eigenvalue weighted by Crippen LogP contribution is 2.20. The molecule has 0 fully saturated rings. The Balaban J connectivity index is 2.23. The highest BCUT2D eigenvalue weighted by molar-refractivity contribution is 6.31. The number of aryl methyl sites for hydroxylation is 1. The summed E-state index contributed by atoms with van der Waals surface area (Å²) in [7, 11) is 1.57. The van der Waals surface area contributed by atoms with Crippen LogP contribution in [0.15, 0.2) is 24.3 Å². The Hall–Kier alpha value is -1.81. The van der Waals surface area contributed by atoms with Crippen molar-refractivity contribution in [3.05, 3.63) is 46.2 Å². The van der Waals surface area contributed by atoms with E-state index in [2.05, 4.69) is 5.10 Å². The van der Waals surface area contributed by atoms with Crippen LogP contribution in [-0.2, 0) is 6.54 Å². The number of hydrogen-bond donors (Lipinski definition) is 0. The van der Waals surface area contributed by atoms with E-state index in [-0.39, 0.29) is 12.3 Å². The molecule has 4 nitrogen and oxygen atoms in total. The number of ether oxygens (including phenoxy) is 1. The Bertz CT molecular complexity index is 620. The number of hydrogen-bond acceptors (Lipinski definition) is 3. The van der Waals surface area contributed by atoms with E-state index in [0.29, 0.717) is 16.3 Å². The van der Waals surface area contributed by atoms with E-state index >= 15 is 0 Å². The van der Waals surface area contributed by atoms with Crippen molar-refractivity contribution in [2.24, 2.45) is 0 Å². The number of ketones is 1. The van der Waals surface area contributed by atoms with Crippen LogP contribution in [0.4, 0.5) is 0 Å². The smallest absolute Gasteiger partial charge is 0.184 e. The van der Waals surface area contributed by atoms with E-state index in [1.54, 1.807) is 36.1 Å². The Morgan fingerprint density at radius 2 is 2.16 bits per heavy atom. The molecule has 19 heavy (non-hydrogen) atoms. The quantitative estimate of drug-likeness (QED) is 0.808. The number of benzene rings is 1. The first-order valence-corrected chi connectivity index (χ1v) is 6.27. The maximum atomic E-state index is 12.2. The fraction of sp³-hybridized carbons (Fsp3) is 0.286. The number of methoxy groups -OCH3 is 1. The molecule has 0 aliphatic heterocycles. The van der Waals surface area contributed by atoms with Crippen LogP contribution in [0.1, 0.15) is 21.7 Å². The molecule has 0 N–H and O–H groups in total. The number of nitrogens with zero attached hydrogens (tertiary/aromatic N) is 2. The average molecular weight is 279 g/mol. The zero-order valence-corrected chi connectivity index (χ0v) is 11.9. The van der Waals surface area contributed by atoms with E-state index < -0.39 is 0 Å². The van der Waals surface area contributed by atoms with Gasteiger partial charge in [-0.15, -0.1) is 0 Å². The van der Waals surface area contributed by atoms with Crippen LogP contribution in [0.3, 0.4) is 0 Å². The minimum Gasteiger partial charge on any atom is -0.497 e. The van der Waals surface area contributed by atoms with Crippen LogP contribution < -0.4 is 4.74 Å². The van der Waals surface area contributed by atoms with Crippen LogP contribution in [0.5, 0.6) is 5.75 Å². The molecule has 0 radical (unpaired) electrons. The molecule has 1 aromatic heterocycles. The summed E-state index contributed by atoms with van der Waals surface area (Å²) in [5.74, 6) is 0.637. The maximum absolute atomic E-state index is 12.2. The number of aromatic nitrogens is 2. The van der Waals surface area contributed by atoms with E-state index in [9.17, 15) is 4.79 Å². The fourth-order valence-corrected chi connectivity index (χ4v) is 1.99. The van der Waals surface area contributed by atoms with Crippen molar-refractivity contribution in [3.63, 3.8) is 0 Å². The Morgan fingerprint density at radius 3 is 2.74 bits per heavy atom. The second-order valence-corrected chi connectivity index (χ2v) is 4.68. The van der Waals surface area contributed by atoms with Gasteiger partial charge in [-0.05, 0) is 26.0 Å². The summed E-state index contributed by atoms with van der Waals surface area (Å²) in [6.45, 7) is 3.84. The van der Waals surface area contributed by atoms with Gasteiger partial charge in [0.2, 0.25) is 0 Å². The van der Waals surface area contributed by atoms with Gasteiger partial charge in [0.15, 0.2) is 5.78 Å². The molecule has 100 valence electrons. The summed E-state index contributed by atoms with van der Waals surface area (Å²) >= 11 is 6.06. The molecule has 0 atom stereocenters. The molecule has 2 aromatic rings. The second-order valence-electron chi connectivity index (χ2n) is 4.30. The standard InChI is InChI=1S/C14H15ClN2O2/c1-9-14(15)10(2)17(16-9)8-13(18)11-5-4-6-12(7-11)19-3/h4-7H,8H2,1-3H3. The predicted octanol–water partition coefficient (Wildman–Crippen LogP) is 3.04. The average Bonchev–Trinajstić information content (AvgIpc) is 2.66. The molecule has 0 saturated heterocycles. The van der Waals surface area contributed by atoms with Crippen molar-refractivity contribution >= 4 is 17.4 Å². The molecule has 0 saturated carbocycles. The van der Waals surface area contributed by atoms with Gasteiger partial charge in [-0.1, -0.05) is 23.7 Å². The summed E-state index contributed by atoms with van der Waals surface area (Å²) in [5, 5.41) is 4.86. The van der Waals surface area contributed by atoms with E-state index in [1.165, 1.54) is 0 Å². The van der Waals surface area contributed by atoms with Crippen molar-refractivity contribution < 1.29 is 9.53 Å². The lowest BCUT2D eigenvalue weighted by Crippen LogP contribution is -2.13. The lowest BCUT2D eigenvalue weighted by Gasteiger charge is -2.05. The largest absolute Gasteiger partial charge is 0.497 e. The zero-order valence-electron chi connectivity index (χ0n) is 11.1. The first-order valence-electron chi connectivity index (χ1n) is 5.89. The van der Waals surface area contributed by atoms with Gasteiger partial charge in [0.25, 0.3) is 0 Å². The summed E-state index contributed by atoms with van der Waals surface area (Å²) in [4.78, 5) is 12.2. The minimum absolute atomic E-state index is 0.0267. The molecule has 5 heteroatoms. The third-order valence-electron chi connectivity index (χ3n) is 2.98. The van der Waals surface area contributed by atoms with Crippen LogP contribution in [0.25, 0.3) is 0 Å². The fourth-order valence-electron chi connectivity index (χ4n) is 1.85. The van der Waals surface area contributed by atoms with Crippen molar-refractivity contribution in [3.8, 4) is 5.75 Å². The number of carbonyl (C=O) groups excluding carboxylic acids is 1. The van der Waals surface area contributed by atoms with Crippen LogP contribution >= 0.6 is 11.6 Å². The Morgan fingerprint density at radius 1 is 1.42 bits per heavy atom. The molecule has 0 amide bonds. The lowest BCUT2D eigenvalue weighted by molar-refractivity contribution is 0.0966. The summed E-state index contributed by atoms with van der Waals surface area (Å²) in [6, 6.07) is 7.07. The molecule has 0 bridgehead atoms. The molecule has 0 aliphatic carbocycles. The van der Waals surface area contributed by atoms with Gasteiger partial charge in [0.05, 0.1) is 23.5 Å². The molecule has 1 heterocycles. The van der Waals surface area contributed by atoms with Gasteiger partial charge in [-0.3, -0.25) is 9.48 Å². The first-order chi connectivity index (χ1) is 9.02. The topological polar surface area (TPSA) is 44.1 Å². The van der Waals surface area contributed by atoms with E-state index in [1.807, 2.05) is 13.8 Å². The highest BCUT2D eigenvalue weighted by Gasteiger charge is 2.13. The van der Waals surface area contributed by atoms with Crippen molar-refractivity contribution in [1.29, 1.82) is 0 Å². The SMILES string of the molecule is COc1cccc(C(=O)Cn2nc(C)c(Cl)c2C)c1. The van der Waals surface area contributed by atoms with Gasteiger partial charge in [0, 0.05) is 5.56 Å². The second kappa shape index (κ2) is 5.45. The van der Waals surface area contributed by atoms with E-state index in [0.717, 1.165) is 11.4 Å². The normalized spacial score (nSPS) is 10.5. The van der Waals surface area contributed by atoms with Gasteiger partial charge in [0.1, 0.15) is 12.3 Å². The summed E-state index contributed by atoms with van der Waals surface area (Å²) < 4.78 is 6.73. The molecule has 0 aliphatic rings. The number of Topliss-reactive ketones (excluding diaryl/α,β-unsaturated/α-hetero) is 1. The molecule has 0 spiro atoms. The van der Waals surface area contributed by atoms with Crippen molar-refractivity contribution in [2.75, 3.05) is 7.11 Å². The predicted molar refractivity (Wildman–Crippen MR) is 74.0 cm³/mol. The minimum atomic E-state index is -0.0267. The number of carbonyl (C=O) groups is 1. The highest BCUT2D eigenvalue weighted by atomic mass is 35.5. The molecule has 1 aromatic carbocycles. The van der Waals surface area contributed by atoms with Gasteiger partial charge in [-0.2, -0.15) is 5.10 Å². The summed E-state index contributed by atoms with van der Waals surface area (Å²) in [5.41, 5.74) is 2.14. The third kappa shape index (κ3) is 2.79. The Kier molecular flexibility index (Phi) is 3.90. The van der Waals surface area contributed by atoms with Crippen molar-refractivity contribution in [1.82, 2.24) is 9.78 Å². The molecule has 2 rings (SSSR count). The molecular weight excluding hydrogens is 264 g/mol. The maximum Gasteiger partial charge on any atom is 0.184 e. The van der Waals surface area contributed by atoms with E-state index in [4.69, 9.17) is 16.3 Å². The van der Waals surface area contributed by atoms with Gasteiger partial charge in [-0.25, -0.2) is 0 Å². The molecular formula is C14H15ClN2O2. The zero-order chi connectivity index (χ0) is 14.0. The first kappa shape index (κ1) is 13.6. The van der Waals surface area contributed by atoms with Gasteiger partial charge >= 0.3 is 0 Å². The van der Waals surface area contributed by atoms with Crippen LogP contribution in [0.2, 0.25) is 5.02 Å². The number of rotatable bonds is 4. The molecule has 0 unspecified atom stereocenters.